The Balaban J connectivity index is 1.49. The van der Waals surface area contributed by atoms with Gasteiger partial charge in [0.1, 0.15) is 0 Å². The van der Waals surface area contributed by atoms with Crippen molar-refractivity contribution in [1.29, 1.82) is 0 Å². The fraction of sp³-hybridized carbons (Fsp3) is 0.263. The first-order valence-electron chi connectivity index (χ1n) is 8.27. The molecule has 0 saturated carbocycles. The maximum absolute atomic E-state index is 12.1. The Bertz CT molecular complexity index is 797. The highest BCUT2D eigenvalue weighted by Crippen LogP contribution is 2.26. The summed E-state index contributed by atoms with van der Waals surface area (Å²) in [6, 6.07) is 10.1. The third-order valence-electron chi connectivity index (χ3n) is 4.15. The minimum Gasteiger partial charge on any atom is -0.362 e. The molecule has 6 heteroatoms. The lowest BCUT2D eigenvalue weighted by Crippen LogP contribution is -2.47. The maximum atomic E-state index is 12.1. The highest BCUT2D eigenvalue weighted by atomic mass is 32.1. The van der Waals surface area contributed by atoms with Crippen LogP contribution in [0.4, 0.5) is 5.69 Å². The Morgan fingerprint density at radius 3 is 2.88 bits per heavy atom. The molecule has 0 unspecified atom stereocenters. The lowest BCUT2D eigenvalue weighted by Gasteiger charge is -2.30. The number of anilines is 1. The average Bonchev–Trinajstić information content (AvgIpc) is 3.03. The van der Waals surface area contributed by atoms with Crippen LogP contribution in [-0.2, 0) is 16.0 Å². The van der Waals surface area contributed by atoms with Crippen LogP contribution in [0, 0.1) is 6.92 Å². The molecule has 1 aromatic heterocycles. The van der Waals surface area contributed by atoms with Crippen LogP contribution in [0.1, 0.15) is 22.4 Å². The van der Waals surface area contributed by atoms with Gasteiger partial charge in [-0.25, -0.2) is 0 Å². The summed E-state index contributed by atoms with van der Waals surface area (Å²) in [4.78, 5) is 27.0. The first kappa shape index (κ1) is 17.2. The van der Waals surface area contributed by atoms with E-state index in [0.29, 0.717) is 0 Å². The summed E-state index contributed by atoms with van der Waals surface area (Å²) >= 11 is 1.57. The predicted octanol–water partition coefficient (Wildman–Crippen LogP) is 2.67. The third-order valence-corrected chi connectivity index (χ3v) is 5.14. The molecule has 2 aromatic rings. The normalized spacial score (nSPS) is 13.6. The van der Waals surface area contributed by atoms with Gasteiger partial charge in [0.05, 0.1) is 6.54 Å². The number of aryl methyl sites for hydroxylation is 2. The zero-order valence-corrected chi connectivity index (χ0v) is 14.9. The Morgan fingerprint density at radius 2 is 2.08 bits per heavy atom. The fourth-order valence-electron chi connectivity index (χ4n) is 2.87. The maximum Gasteiger partial charge on any atom is 0.262 e. The van der Waals surface area contributed by atoms with E-state index >= 15 is 0 Å². The number of amides is 2. The molecule has 0 aliphatic carbocycles. The molecule has 1 aliphatic heterocycles. The average molecular weight is 355 g/mol. The zero-order chi connectivity index (χ0) is 17.6. The molecule has 3 rings (SSSR count). The van der Waals surface area contributed by atoms with Crippen molar-refractivity contribution in [3.63, 3.8) is 0 Å². The van der Waals surface area contributed by atoms with E-state index in [1.54, 1.807) is 17.4 Å². The first-order chi connectivity index (χ1) is 12.1. The number of para-hydroxylation sites is 1. The number of nitrogens with zero attached hydrogens (tertiary/aromatic N) is 1. The van der Waals surface area contributed by atoms with E-state index in [2.05, 4.69) is 16.9 Å². The van der Waals surface area contributed by atoms with Crippen LogP contribution in [-0.4, -0.2) is 24.9 Å². The van der Waals surface area contributed by atoms with Crippen molar-refractivity contribution in [3.05, 3.63) is 57.8 Å². The van der Waals surface area contributed by atoms with Crippen LogP contribution in [0.25, 0.3) is 6.08 Å². The molecule has 130 valence electrons. The molecule has 2 N–H and O–H groups in total. The van der Waals surface area contributed by atoms with E-state index in [9.17, 15) is 9.59 Å². The zero-order valence-electron chi connectivity index (χ0n) is 14.1. The minimum atomic E-state index is -0.347. The van der Waals surface area contributed by atoms with E-state index in [1.807, 2.05) is 41.5 Å². The Hall–Kier alpha value is -2.60. The number of benzene rings is 1. The van der Waals surface area contributed by atoms with Crippen LogP contribution in [0.5, 0.6) is 0 Å². The van der Waals surface area contributed by atoms with E-state index in [-0.39, 0.29) is 18.4 Å². The number of rotatable bonds is 4. The molecule has 0 spiro atoms. The number of fused-ring (bicyclic) bond motifs is 1. The van der Waals surface area contributed by atoms with Gasteiger partial charge < -0.3 is 4.90 Å². The van der Waals surface area contributed by atoms with Gasteiger partial charge in [-0.15, -0.1) is 11.3 Å². The monoisotopic (exact) mass is 355 g/mol. The summed E-state index contributed by atoms with van der Waals surface area (Å²) in [5.41, 5.74) is 8.40. The highest BCUT2D eigenvalue weighted by molar-refractivity contribution is 7.11. The Kier molecular flexibility index (Phi) is 5.50. The molecule has 2 heterocycles. The van der Waals surface area contributed by atoms with Gasteiger partial charge in [0, 0.05) is 23.2 Å². The second-order valence-electron chi connectivity index (χ2n) is 5.99. The SMILES string of the molecule is Cc1ccsc1/C=C/C(=O)NNC(=O)CN1CCCc2ccccc21. The predicted molar refractivity (Wildman–Crippen MR) is 101 cm³/mol. The highest BCUT2D eigenvalue weighted by Gasteiger charge is 2.18. The number of carbonyl (C=O) groups is 2. The van der Waals surface area contributed by atoms with Gasteiger partial charge in [0.25, 0.3) is 11.8 Å². The third kappa shape index (κ3) is 4.48. The first-order valence-corrected chi connectivity index (χ1v) is 9.15. The number of hydrogen-bond acceptors (Lipinski definition) is 4. The summed E-state index contributed by atoms with van der Waals surface area (Å²) in [7, 11) is 0. The van der Waals surface area contributed by atoms with E-state index in [0.717, 1.165) is 35.5 Å². The van der Waals surface area contributed by atoms with Crippen molar-refractivity contribution in [2.45, 2.75) is 19.8 Å². The Morgan fingerprint density at radius 1 is 1.24 bits per heavy atom. The fourth-order valence-corrected chi connectivity index (χ4v) is 3.69. The van der Waals surface area contributed by atoms with Gasteiger partial charge in [-0.1, -0.05) is 18.2 Å². The number of hydrogen-bond donors (Lipinski definition) is 2. The molecule has 0 atom stereocenters. The topological polar surface area (TPSA) is 61.4 Å². The lowest BCUT2D eigenvalue weighted by molar-refractivity contribution is -0.125. The molecular formula is C19H21N3O2S. The molecular weight excluding hydrogens is 334 g/mol. The molecule has 1 aromatic carbocycles. The summed E-state index contributed by atoms with van der Waals surface area (Å²) in [6.07, 6.45) is 5.25. The molecule has 2 amide bonds. The molecule has 0 bridgehead atoms. The van der Waals surface area contributed by atoms with Crippen LogP contribution in [0.2, 0.25) is 0 Å². The molecule has 1 aliphatic rings. The lowest BCUT2D eigenvalue weighted by atomic mass is 10.0. The van der Waals surface area contributed by atoms with E-state index < -0.39 is 0 Å². The minimum absolute atomic E-state index is 0.227. The molecule has 0 radical (unpaired) electrons. The molecule has 25 heavy (non-hydrogen) atoms. The van der Waals surface area contributed by atoms with E-state index in [4.69, 9.17) is 0 Å². The Labute approximate surface area is 151 Å². The van der Waals surface area contributed by atoms with Gasteiger partial charge in [0.2, 0.25) is 0 Å². The second kappa shape index (κ2) is 7.98. The van der Waals surface area contributed by atoms with Crippen molar-refractivity contribution < 1.29 is 9.59 Å². The van der Waals surface area contributed by atoms with Gasteiger partial charge in [0.15, 0.2) is 0 Å². The quantitative estimate of drug-likeness (QED) is 0.655. The number of hydrazine groups is 1. The molecule has 0 fully saturated rings. The van der Waals surface area contributed by atoms with Crippen molar-refractivity contribution in [1.82, 2.24) is 10.9 Å². The summed E-state index contributed by atoms with van der Waals surface area (Å²) in [6.45, 7) is 3.06. The standard InChI is InChI=1S/C19H21N3O2S/c1-14-10-12-25-17(14)8-9-18(23)20-21-19(24)13-22-11-4-6-15-5-2-3-7-16(15)22/h2-3,5,7-10,12H,4,6,11,13H2,1H3,(H,20,23)(H,21,24)/b9-8+. The van der Waals surface area contributed by atoms with Crippen LogP contribution < -0.4 is 15.8 Å². The van der Waals surface area contributed by atoms with Gasteiger partial charge in [-0.2, -0.15) is 0 Å². The van der Waals surface area contributed by atoms with Gasteiger partial charge in [-0.05, 0) is 54.5 Å². The second-order valence-corrected chi connectivity index (χ2v) is 6.94. The van der Waals surface area contributed by atoms with Crippen molar-refractivity contribution in [2.75, 3.05) is 18.0 Å². The molecule has 5 nitrogen and oxygen atoms in total. The molecule has 0 saturated heterocycles. The largest absolute Gasteiger partial charge is 0.362 e. The van der Waals surface area contributed by atoms with Crippen LogP contribution in [0.3, 0.4) is 0 Å². The van der Waals surface area contributed by atoms with Crippen molar-refractivity contribution in [3.8, 4) is 0 Å². The summed E-state index contributed by atoms with van der Waals surface area (Å²) < 4.78 is 0. The van der Waals surface area contributed by atoms with Crippen LogP contribution in [0.15, 0.2) is 41.8 Å². The smallest absolute Gasteiger partial charge is 0.262 e. The van der Waals surface area contributed by atoms with Crippen molar-refractivity contribution in [2.24, 2.45) is 0 Å². The van der Waals surface area contributed by atoms with Crippen LogP contribution >= 0.6 is 11.3 Å². The van der Waals surface area contributed by atoms with Gasteiger partial charge >= 0.3 is 0 Å². The number of thiophene rings is 1. The summed E-state index contributed by atoms with van der Waals surface area (Å²) in [5, 5.41) is 1.98. The van der Waals surface area contributed by atoms with Gasteiger partial charge in [-0.3, -0.25) is 20.4 Å². The summed E-state index contributed by atoms with van der Waals surface area (Å²) in [5.74, 6) is -0.578. The number of nitrogens with one attached hydrogen (secondary N) is 2. The number of carbonyl (C=O) groups excluding carboxylic acids is 2. The van der Waals surface area contributed by atoms with Crippen molar-refractivity contribution >= 4 is 34.9 Å². The van der Waals surface area contributed by atoms with E-state index in [1.165, 1.54) is 11.6 Å².